The summed E-state index contributed by atoms with van der Waals surface area (Å²) in [5.41, 5.74) is 2.75. The van der Waals surface area contributed by atoms with Gasteiger partial charge in [0.1, 0.15) is 5.82 Å². The number of likely N-dealkylation sites (N-methyl/N-ethyl adjacent to an activating group) is 1. The molecule has 5 heteroatoms. The lowest BCUT2D eigenvalue weighted by Gasteiger charge is -2.34. The fraction of sp³-hybridized carbons (Fsp3) is 0.421. The Morgan fingerprint density at radius 1 is 1.21 bits per heavy atom. The summed E-state index contributed by atoms with van der Waals surface area (Å²) in [6.07, 6.45) is 3.62. The Balaban J connectivity index is 1.66. The number of hydrogen-bond donors (Lipinski definition) is 0. The Morgan fingerprint density at radius 2 is 1.83 bits per heavy atom. The number of nitrogens with zero attached hydrogens (tertiary/aromatic N) is 2. The molecule has 0 aliphatic carbocycles. The van der Waals surface area contributed by atoms with Crippen LogP contribution in [0.5, 0.6) is 0 Å². The molecular formula is C19H22ClFN2O. The molecule has 0 spiro atoms. The molecule has 0 unspecified atom stereocenters. The summed E-state index contributed by atoms with van der Waals surface area (Å²) in [6, 6.07) is 6.70. The average Bonchev–Trinajstić information content (AvgIpc) is 2.58. The predicted molar refractivity (Wildman–Crippen MR) is 94.2 cm³/mol. The van der Waals surface area contributed by atoms with Crippen molar-refractivity contribution in [3.8, 4) is 0 Å². The number of likely N-dealkylation sites (tertiary alicyclic amines) is 1. The van der Waals surface area contributed by atoms with E-state index >= 15 is 0 Å². The van der Waals surface area contributed by atoms with E-state index in [2.05, 4.69) is 0 Å². The summed E-state index contributed by atoms with van der Waals surface area (Å²) in [4.78, 5) is 16.7. The molecule has 3 nitrogen and oxygen atoms in total. The molecule has 2 aliphatic heterocycles. The van der Waals surface area contributed by atoms with Gasteiger partial charge >= 0.3 is 0 Å². The maximum atomic E-state index is 13.0. The summed E-state index contributed by atoms with van der Waals surface area (Å²) >= 11 is 6.35. The maximum Gasteiger partial charge on any atom is 0.256 e. The first-order valence-electron chi connectivity index (χ1n) is 8.28. The zero-order valence-corrected chi connectivity index (χ0v) is 14.8. The second-order valence-electron chi connectivity index (χ2n) is 6.67. The van der Waals surface area contributed by atoms with E-state index in [1.54, 1.807) is 0 Å². The van der Waals surface area contributed by atoms with Crippen LogP contribution >= 0.6 is 11.6 Å². The van der Waals surface area contributed by atoms with Gasteiger partial charge in [0.15, 0.2) is 0 Å². The Bertz CT molecular complexity index is 688. The van der Waals surface area contributed by atoms with Crippen LogP contribution in [-0.4, -0.2) is 42.4 Å². The van der Waals surface area contributed by atoms with Crippen molar-refractivity contribution in [1.82, 2.24) is 9.80 Å². The van der Waals surface area contributed by atoms with E-state index in [1.807, 2.05) is 42.1 Å². The van der Waals surface area contributed by atoms with Crippen LogP contribution in [0.2, 0.25) is 0 Å². The molecule has 0 aromatic heterocycles. The van der Waals surface area contributed by atoms with Crippen LogP contribution in [0, 0.1) is 5.82 Å². The van der Waals surface area contributed by atoms with Crippen molar-refractivity contribution >= 4 is 17.5 Å². The first-order chi connectivity index (χ1) is 11.5. The van der Waals surface area contributed by atoms with Crippen molar-refractivity contribution in [3.05, 3.63) is 58.0 Å². The summed E-state index contributed by atoms with van der Waals surface area (Å²) in [7, 11) is 1.95. The molecule has 2 heterocycles. The Morgan fingerprint density at radius 3 is 2.46 bits per heavy atom. The van der Waals surface area contributed by atoms with E-state index in [1.165, 1.54) is 12.1 Å². The van der Waals surface area contributed by atoms with Crippen LogP contribution in [0.3, 0.4) is 0 Å². The Labute approximate surface area is 147 Å². The van der Waals surface area contributed by atoms with Gasteiger partial charge in [0.25, 0.3) is 5.91 Å². The third-order valence-electron chi connectivity index (χ3n) is 4.80. The van der Waals surface area contributed by atoms with E-state index in [-0.39, 0.29) is 11.7 Å². The zero-order chi connectivity index (χ0) is 17.3. The van der Waals surface area contributed by atoms with Gasteiger partial charge in [-0.25, -0.2) is 4.39 Å². The van der Waals surface area contributed by atoms with Gasteiger partial charge in [-0.3, -0.25) is 4.79 Å². The van der Waals surface area contributed by atoms with Crippen molar-refractivity contribution in [2.24, 2.45) is 0 Å². The van der Waals surface area contributed by atoms with Crippen LogP contribution in [-0.2, 0) is 4.79 Å². The van der Waals surface area contributed by atoms with Gasteiger partial charge in [0.2, 0.25) is 0 Å². The lowest BCUT2D eigenvalue weighted by molar-refractivity contribution is -0.127. The number of rotatable bonds is 2. The van der Waals surface area contributed by atoms with Crippen molar-refractivity contribution in [2.45, 2.75) is 25.7 Å². The molecule has 0 bridgehead atoms. The molecule has 1 aromatic rings. The van der Waals surface area contributed by atoms with Crippen LogP contribution in [0.4, 0.5) is 4.39 Å². The van der Waals surface area contributed by atoms with Gasteiger partial charge in [-0.05, 0) is 49.0 Å². The molecular weight excluding hydrogens is 327 g/mol. The summed E-state index contributed by atoms with van der Waals surface area (Å²) in [6.45, 7) is 4.11. The van der Waals surface area contributed by atoms with Crippen molar-refractivity contribution < 1.29 is 9.18 Å². The van der Waals surface area contributed by atoms with Gasteiger partial charge in [0, 0.05) is 32.9 Å². The highest BCUT2D eigenvalue weighted by atomic mass is 35.5. The minimum atomic E-state index is -0.212. The second kappa shape index (κ2) is 6.98. The first kappa shape index (κ1) is 17.0. The van der Waals surface area contributed by atoms with Gasteiger partial charge in [-0.15, -0.1) is 0 Å². The minimum Gasteiger partial charge on any atom is -0.376 e. The summed E-state index contributed by atoms with van der Waals surface area (Å²) in [5, 5.41) is 0.582. The molecule has 1 amide bonds. The average molecular weight is 349 g/mol. The van der Waals surface area contributed by atoms with Crippen molar-refractivity contribution in [3.63, 3.8) is 0 Å². The quantitative estimate of drug-likeness (QED) is 0.810. The van der Waals surface area contributed by atoms with Gasteiger partial charge in [-0.1, -0.05) is 23.7 Å². The monoisotopic (exact) mass is 348 g/mol. The van der Waals surface area contributed by atoms with Crippen molar-refractivity contribution in [1.29, 1.82) is 0 Å². The summed E-state index contributed by atoms with van der Waals surface area (Å²) in [5.74, 6) is 0.172. The largest absolute Gasteiger partial charge is 0.376 e. The van der Waals surface area contributed by atoms with E-state index in [0.717, 1.165) is 30.5 Å². The number of amides is 1. The molecule has 2 aliphatic rings. The third kappa shape index (κ3) is 3.48. The van der Waals surface area contributed by atoms with Crippen LogP contribution in [0.25, 0.3) is 0 Å². The number of carbonyl (C=O) groups is 1. The Hall–Kier alpha value is -1.81. The fourth-order valence-electron chi connectivity index (χ4n) is 3.47. The highest BCUT2D eigenvalue weighted by molar-refractivity contribution is 6.35. The van der Waals surface area contributed by atoms with Gasteiger partial charge in [-0.2, -0.15) is 0 Å². The topological polar surface area (TPSA) is 23.6 Å². The number of hydrogen-bond acceptors (Lipinski definition) is 2. The molecule has 3 rings (SSSR count). The van der Waals surface area contributed by atoms with E-state index in [0.29, 0.717) is 29.6 Å². The molecule has 0 saturated carbocycles. The number of benzene rings is 1. The standard InChI is InChI=1S/C19H22ClFN2O/c1-13-11-22(2)12-17(18(13)20)19(24)23-9-7-15(8-10-23)14-3-5-16(21)6-4-14/h3-6,12,15H,7-11H2,1-2H3. The second-order valence-corrected chi connectivity index (χ2v) is 7.05. The number of halogens is 2. The van der Waals surface area contributed by atoms with E-state index in [4.69, 9.17) is 11.6 Å². The third-order valence-corrected chi connectivity index (χ3v) is 5.33. The molecule has 0 N–H and O–H groups in total. The molecule has 24 heavy (non-hydrogen) atoms. The molecule has 1 aromatic carbocycles. The fourth-order valence-corrected chi connectivity index (χ4v) is 3.66. The Kier molecular flexibility index (Phi) is 4.95. The molecule has 1 fully saturated rings. The number of piperidine rings is 1. The highest BCUT2D eigenvalue weighted by Gasteiger charge is 2.28. The van der Waals surface area contributed by atoms with Crippen LogP contribution in [0.1, 0.15) is 31.2 Å². The minimum absolute atomic E-state index is 0.00320. The maximum absolute atomic E-state index is 13.0. The van der Waals surface area contributed by atoms with Gasteiger partial charge < -0.3 is 9.80 Å². The zero-order valence-electron chi connectivity index (χ0n) is 14.1. The van der Waals surface area contributed by atoms with Crippen molar-refractivity contribution in [2.75, 3.05) is 26.7 Å². The molecule has 1 saturated heterocycles. The SMILES string of the molecule is CC1=C(Cl)C(C(=O)N2CCC(c3ccc(F)cc3)CC2)=CN(C)C1. The molecule has 128 valence electrons. The van der Waals surface area contributed by atoms with E-state index in [9.17, 15) is 9.18 Å². The first-order valence-corrected chi connectivity index (χ1v) is 8.66. The summed E-state index contributed by atoms with van der Waals surface area (Å²) < 4.78 is 13.0. The lowest BCUT2D eigenvalue weighted by atomic mass is 9.89. The highest BCUT2D eigenvalue weighted by Crippen LogP contribution is 2.31. The van der Waals surface area contributed by atoms with E-state index < -0.39 is 0 Å². The molecule has 0 radical (unpaired) electrons. The van der Waals surface area contributed by atoms with Crippen LogP contribution < -0.4 is 0 Å². The normalized spacial score (nSPS) is 19.6. The van der Waals surface area contributed by atoms with Gasteiger partial charge in [0.05, 0.1) is 10.6 Å². The number of carbonyl (C=O) groups excluding carboxylic acids is 1. The van der Waals surface area contributed by atoms with Crippen LogP contribution in [0.15, 0.2) is 46.6 Å². The smallest absolute Gasteiger partial charge is 0.256 e. The predicted octanol–water partition coefficient (Wildman–Crippen LogP) is 3.87. The molecule has 0 atom stereocenters. The lowest BCUT2D eigenvalue weighted by Crippen LogP contribution is -2.40.